The second kappa shape index (κ2) is 6.58. The van der Waals surface area contributed by atoms with E-state index in [1.165, 1.54) is 32.5 Å². The summed E-state index contributed by atoms with van der Waals surface area (Å²) in [6.07, 6.45) is 2.63. The molecule has 1 saturated heterocycles. The van der Waals surface area contributed by atoms with Crippen molar-refractivity contribution in [2.45, 2.75) is 66.8 Å². The average Bonchev–Trinajstić information content (AvgIpc) is 2.62. The maximum atomic E-state index is 3.62. The Morgan fingerprint density at radius 3 is 2.32 bits per heavy atom. The summed E-state index contributed by atoms with van der Waals surface area (Å²) in [7, 11) is 0. The van der Waals surface area contributed by atoms with Gasteiger partial charge in [-0.3, -0.25) is 4.90 Å². The van der Waals surface area contributed by atoms with Crippen LogP contribution >= 0.6 is 0 Å². The van der Waals surface area contributed by atoms with Crippen LogP contribution in [0.1, 0.15) is 61.3 Å². The molecule has 1 N–H and O–H groups in total. The van der Waals surface area contributed by atoms with Crippen molar-refractivity contribution < 1.29 is 0 Å². The minimum atomic E-state index is 0.338. The van der Waals surface area contributed by atoms with Gasteiger partial charge in [0.15, 0.2) is 0 Å². The highest BCUT2D eigenvalue weighted by Crippen LogP contribution is 2.34. The van der Waals surface area contributed by atoms with Crippen LogP contribution in [0.15, 0.2) is 0 Å². The van der Waals surface area contributed by atoms with Gasteiger partial charge < -0.3 is 5.32 Å². The number of nitrogens with zero attached hydrogens (tertiary/aromatic N) is 1. The van der Waals surface area contributed by atoms with Crippen LogP contribution < -0.4 is 5.32 Å². The first-order chi connectivity index (χ1) is 8.60. The van der Waals surface area contributed by atoms with Gasteiger partial charge in [-0.1, -0.05) is 34.6 Å². The SMILES string of the molecule is CC(C)CNCC1CCN(C(C)(C)CC(C)(C)C)C1. The zero-order chi connectivity index (χ0) is 14.7. The van der Waals surface area contributed by atoms with Crippen LogP contribution in [0.25, 0.3) is 0 Å². The molecule has 1 atom stereocenters. The molecule has 0 bridgehead atoms. The summed E-state index contributed by atoms with van der Waals surface area (Å²) in [6.45, 7) is 21.4. The molecule has 19 heavy (non-hydrogen) atoms. The molecule has 1 heterocycles. The van der Waals surface area contributed by atoms with Crippen LogP contribution in [0.3, 0.4) is 0 Å². The summed E-state index contributed by atoms with van der Waals surface area (Å²) in [4.78, 5) is 2.71. The third-order valence-electron chi connectivity index (χ3n) is 4.09. The maximum absolute atomic E-state index is 3.62. The van der Waals surface area contributed by atoms with Crippen molar-refractivity contribution in [2.24, 2.45) is 17.3 Å². The molecule has 114 valence electrons. The van der Waals surface area contributed by atoms with Gasteiger partial charge in [-0.2, -0.15) is 0 Å². The Kier molecular flexibility index (Phi) is 5.88. The topological polar surface area (TPSA) is 15.3 Å². The van der Waals surface area contributed by atoms with E-state index in [1.807, 2.05) is 0 Å². The summed E-state index contributed by atoms with van der Waals surface area (Å²) in [5.41, 5.74) is 0.753. The molecular formula is C17H36N2. The van der Waals surface area contributed by atoms with E-state index >= 15 is 0 Å². The van der Waals surface area contributed by atoms with Gasteiger partial charge in [-0.15, -0.1) is 0 Å². The van der Waals surface area contributed by atoms with E-state index in [0.717, 1.165) is 18.4 Å². The summed E-state index contributed by atoms with van der Waals surface area (Å²) in [5, 5.41) is 3.62. The lowest BCUT2D eigenvalue weighted by molar-refractivity contribution is 0.0977. The fourth-order valence-electron chi connectivity index (χ4n) is 3.53. The molecule has 0 aromatic carbocycles. The van der Waals surface area contributed by atoms with E-state index in [1.54, 1.807) is 0 Å². The Morgan fingerprint density at radius 1 is 1.16 bits per heavy atom. The van der Waals surface area contributed by atoms with E-state index in [2.05, 4.69) is 58.7 Å². The number of hydrogen-bond acceptors (Lipinski definition) is 2. The molecule has 0 aromatic heterocycles. The van der Waals surface area contributed by atoms with Crippen molar-refractivity contribution in [1.82, 2.24) is 10.2 Å². The molecule has 0 aromatic rings. The van der Waals surface area contributed by atoms with Crippen LogP contribution in [-0.4, -0.2) is 36.6 Å². The number of nitrogens with one attached hydrogen (secondary N) is 1. The van der Waals surface area contributed by atoms with Gasteiger partial charge in [0.05, 0.1) is 0 Å². The minimum Gasteiger partial charge on any atom is -0.316 e. The fraction of sp³-hybridized carbons (Fsp3) is 1.00. The molecule has 1 fully saturated rings. The first-order valence-electron chi connectivity index (χ1n) is 8.06. The van der Waals surface area contributed by atoms with Gasteiger partial charge >= 0.3 is 0 Å². The van der Waals surface area contributed by atoms with Crippen LogP contribution in [0.2, 0.25) is 0 Å². The Hall–Kier alpha value is -0.0800. The monoisotopic (exact) mass is 268 g/mol. The lowest BCUT2D eigenvalue weighted by Crippen LogP contribution is -2.45. The van der Waals surface area contributed by atoms with Crippen molar-refractivity contribution in [2.75, 3.05) is 26.2 Å². The second-order valence-corrected chi connectivity index (χ2v) is 8.70. The zero-order valence-electron chi connectivity index (χ0n) is 14.3. The lowest BCUT2D eigenvalue weighted by Gasteiger charge is -2.40. The Bertz CT molecular complexity index is 263. The number of rotatable bonds is 6. The van der Waals surface area contributed by atoms with Crippen molar-refractivity contribution in [3.63, 3.8) is 0 Å². The summed E-state index contributed by atoms with van der Waals surface area (Å²) in [6, 6.07) is 0. The smallest absolute Gasteiger partial charge is 0.0158 e. The van der Waals surface area contributed by atoms with Gasteiger partial charge in [0.2, 0.25) is 0 Å². The maximum Gasteiger partial charge on any atom is 0.0158 e. The molecule has 0 amide bonds. The zero-order valence-corrected chi connectivity index (χ0v) is 14.3. The predicted molar refractivity (Wildman–Crippen MR) is 85.5 cm³/mol. The highest BCUT2D eigenvalue weighted by Gasteiger charge is 2.35. The standard InChI is InChI=1S/C17H36N2/c1-14(2)10-18-11-15-8-9-19(12-15)17(6,7)13-16(3,4)5/h14-15,18H,8-13H2,1-7H3. The highest BCUT2D eigenvalue weighted by atomic mass is 15.2. The Labute approximate surface area is 121 Å². The molecule has 1 rings (SSSR count). The van der Waals surface area contributed by atoms with Crippen molar-refractivity contribution in [3.8, 4) is 0 Å². The lowest BCUT2D eigenvalue weighted by atomic mass is 9.81. The molecule has 0 aliphatic carbocycles. The van der Waals surface area contributed by atoms with Gasteiger partial charge in [0.1, 0.15) is 0 Å². The molecule has 0 saturated carbocycles. The van der Waals surface area contributed by atoms with Crippen molar-refractivity contribution >= 4 is 0 Å². The summed E-state index contributed by atoms with van der Waals surface area (Å²) in [5.74, 6) is 1.60. The van der Waals surface area contributed by atoms with Crippen LogP contribution in [-0.2, 0) is 0 Å². The average molecular weight is 268 g/mol. The molecular weight excluding hydrogens is 232 g/mol. The molecule has 0 spiro atoms. The van der Waals surface area contributed by atoms with Gasteiger partial charge in [0, 0.05) is 12.1 Å². The van der Waals surface area contributed by atoms with Gasteiger partial charge in [-0.05, 0) is 63.6 Å². The molecule has 1 unspecified atom stereocenters. The first kappa shape index (κ1) is 17.0. The van der Waals surface area contributed by atoms with Gasteiger partial charge in [0.25, 0.3) is 0 Å². The Morgan fingerprint density at radius 2 is 1.79 bits per heavy atom. The van der Waals surface area contributed by atoms with Crippen molar-refractivity contribution in [1.29, 1.82) is 0 Å². The molecule has 0 radical (unpaired) electrons. The van der Waals surface area contributed by atoms with Crippen LogP contribution in [0.4, 0.5) is 0 Å². The van der Waals surface area contributed by atoms with E-state index in [9.17, 15) is 0 Å². The van der Waals surface area contributed by atoms with E-state index in [-0.39, 0.29) is 0 Å². The third kappa shape index (κ3) is 6.27. The minimum absolute atomic E-state index is 0.338. The van der Waals surface area contributed by atoms with Crippen LogP contribution in [0.5, 0.6) is 0 Å². The normalized spacial score (nSPS) is 22.4. The summed E-state index contributed by atoms with van der Waals surface area (Å²) < 4.78 is 0. The molecule has 2 nitrogen and oxygen atoms in total. The second-order valence-electron chi connectivity index (χ2n) is 8.70. The molecule has 1 aliphatic rings. The fourth-order valence-corrected chi connectivity index (χ4v) is 3.53. The number of likely N-dealkylation sites (tertiary alicyclic amines) is 1. The molecule has 1 aliphatic heterocycles. The summed E-state index contributed by atoms with van der Waals surface area (Å²) >= 11 is 0. The molecule has 2 heteroatoms. The highest BCUT2D eigenvalue weighted by molar-refractivity contribution is 4.91. The number of hydrogen-bond donors (Lipinski definition) is 1. The third-order valence-corrected chi connectivity index (χ3v) is 4.09. The first-order valence-corrected chi connectivity index (χ1v) is 8.06. The predicted octanol–water partition coefficient (Wildman–Crippen LogP) is 3.77. The van der Waals surface area contributed by atoms with Crippen molar-refractivity contribution in [3.05, 3.63) is 0 Å². The van der Waals surface area contributed by atoms with Crippen LogP contribution in [0, 0.1) is 17.3 Å². The van der Waals surface area contributed by atoms with E-state index in [0.29, 0.717) is 11.0 Å². The van der Waals surface area contributed by atoms with E-state index in [4.69, 9.17) is 0 Å². The van der Waals surface area contributed by atoms with E-state index < -0.39 is 0 Å². The Balaban J connectivity index is 2.38. The quantitative estimate of drug-likeness (QED) is 0.789. The largest absolute Gasteiger partial charge is 0.316 e. The van der Waals surface area contributed by atoms with Gasteiger partial charge in [-0.25, -0.2) is 0 Å².